The average Bonchev–Trinajstić information content (AvgIpc) is 2.83. The summed E-state index contributed by atoms with van der Waals surface area (Å²) >= 11 is 0. The molecule has 1 saturated heterocycles. The second-order valence-electron chi connectivity index (χ2n) is 7.57. The Labute approximate surface area is 187 Å². The third-order valence-electron chi connectivity index (χ3n) is 5.73. The van der Waals surface area contributed by atoms with Crippen LogP contribution in [0.15, 0.2) is 52.4 Å². The summed E-state index contributed by atoms with van der Waals surface area (Å²) < 4.78 is 43.1. The molecule has 4 rings (SSSR count). The van der Waals surface area contributed by atoms with Crippen LogP contribution >= 0.6 is 0 Å². The Hall–Kier alpha value is -3.20. The van der Waals surface area contributed by atoms with Gasteiger partial charge >= 0.3 is 0 Å². The number of fused-ring (bicyclic) bond motifs is 1. The van der Waals surface area contributed by atoms with Crippen LogP contribution in [0.5, 0.6) is 17.2 Å². The lowest BCUT2D eigenvalue weighted by molar-refractivity contribution is -0.127. The summed E-state index contributed by atoms with van der Waals surface area (Å²) in [5, 5.41) is 0. The van der Waals surface area contributed by atoms with E-state index in [9.17, 15) is 13.2 Å². The van der Waals surface area contributed by atoms with Crippen molar-refractivity contribution in [1.82, 2.24) is 4.90 Å². The first-order valence-electron chi connectivity index (χ1n) is 10.4. The normalized spacial score (nSPS) is 17.3. The first-order valence-corrected chi connectivity index (χ1v) is 11.8. The van der Waals surface area contributed by atoms with Crippen molar-refractivity contribution in [2.24, 2.45) is 0 Å². The highest BCUT2D eigenvalue weighted by molar-refractivity contribution is 7.96. The molecule has 0 aliphatic carbocycles. The van der Waals surface area contributed by atoms with Crippen molar-refractivity contribution < 1.29 is 27.4 Å². The third kappa shape index (κ3) is 3.66. The van der Waals surface area contributed by atoms with E-state index in [1.54, 1.807) is 40.1 Å². The number of hydrogen-bond donors (Lipinski definition) is 0. The van der Waals surface area contributed by atoms with Crippen molar-refractivity contribution in [3.05, 3.63) is 47.5 Å². The van der Waals surface area contributed by atoms with E-state index in [1.807, 2.05) is 0 Å². The van der Waals surface area contributed by atoms with Gasteiger partial charge in [-0.25, -0.2) is 8.42 Å². The Morgan fingerprint density at radius 1 is 0.906 bits per heavy atom. The van der Waals surface area contributed by atoms with E-state index in [0.717, 1.165) is 19.3 Å². The van der Waals surface area contributed by atoms with Gasteiger partial charge in [0.25, 0.3) is 5.91 Å². The number of amides is 1. The Morgan fingerprint density at radius 2 is 1.53 bits per heavy atom. The van der Waals surface area contributed by atoms with E-state index < -0.39 is 15.7 Å². The van der Waals surface area contributed by atoms with Gasteiger partial charge in [-0.1, -0.05) is 12.1 Å². The fourth-order valence-corrected chi connectivity index (χ4v) is 5.64. The van der Waals surface area contributed by atoms with Crippen LogP contribution < -0.4 is 19.1 Å². The van der Waals surface area contributed by atoms with Crippen LogP contribution in [0, 0.1) is 0 Å². The van der Waals surface area contributed by atoms with E-state index in [1.165, 1.54) is 33.6 Å². The molecule has 8 nitrogen and oxygen atoms in total. The number of hydrogen-bond acceptors (Lipinski definition) is 7. The Morgan fingerprint density at radius 3 is 2.12 bits per heavy atom. The highest BCUT2D eigenvalue weighted by Gasteiger charge is 2.38. The first-order chi connectivity index (χ1) is 15.4. The zero-order chi connectivity index (χ0) is 22.9. The molecule has 2 heterocycles. The molecule has 2 aliphatic heterocycles. The van der Waals surface area contributed by atoms with E-state index in [0.29, 0.717) is 41.7 Å². The lowest BCUT2D eigenvalue weighted by atomic mass is 10.1. The maximum Gasteiger partial charge on any atom is 0.267 e. The second-order valence-corrected chi connectivity index (χ2v) is 9.46. The van der Waals surface area contributed by atoms with Gasteiger partial charge in [0.15, 0.2) is 16.4 Å². The molecule has 0 saturated carbocycles. The van der Waals surface area contributed by atoms with Gasteiger partial charge in [-0.05, 0) is 31.4 Å². The average molecular weight is 459 g/mol. The predicted molar refractivity (Wildman–Crippen MR) is 120 cm³/mol. The van der Waals surface area contributed by atoms with E-state index in [-0.39, 0.29) is 9.80 Å². The molecule has 0 unspecified atom stereocenters. The number of likely N-dealkylation sites (tertiary alicyclic amines) is 1. The number of rotatable bonds is 5. The van der Waals surface area contributed by atoms with Crippen LogP contribution in [0.4, 0.5) is 11.4 Å². The highest BCUT2D eigenvalue weighted by atomic mass is 32.2. The molecule has 2 aromatic carbocycles. The number of para-hydroxylation sites is 1. The van der Waals surface area contributed by atoms with Crippen LogP contribution in [0.25, 0.3) is 0 Å². The van der Waals surface area contributed by atoms with E-state index in [2.05, 4.69) is 0 Å². The fraction of sp³-hybridized carbons (Fsp3) is 0.348. The number of sulfone groups is 1. The van der Waals surface area contributed by atoms with Crippen molar-refractivity contribution in [2.45, 2.75) is 24.2 Å². The summed E-state index contributed by atoms with van der Waals surface area (Å²) in [6.45, 7) is 1.11. The number of piperidine rings is 1. The topological polar surface area (TPSA) is 85.4 Å². The number of nitrogens with zero attached hydrogens (tertiary/aromatic N) is 2. The smallest absolute Gasteiger partial charge is 0.267 e. The predicted octanol–water partition coefficient (Wildman–Crippen LogP) is 3.49. The molecular weight excluding hydrogens is 432 g/mol. The van der Waals surface area contributed by atoms with Gasteiger partial charge in [0.2, 0.25) is 15.6 Å². The zero-order valence-electron chi connectivity index (χ0n) is 18.3. The quantitative estimate of drug-likeness (QED) is 0.678. The number of anilines is 2. The maximum absolute atomic E-state index is 13.4. The molecule has 170 valence electrons. The molecule has 0 N–H and O–H groups in total. The van der Waals surface area contributed by atoms with Crippen molar-refractivity contribution >= 4 is 27.1 Å². The number of methoxy groups -OCH3 is 3. The Bertz CT molecular complexity index is 1140. The maximum atomic E-state index is 13.4. The first kappa shape index (κ1) is 22.0. The van der Waals surface area contributed by atoms with Crippen molar-refractivity contribution in [3.63, 3.8) is 0 Å². The number of carbonyl (C=O) groups is 1. The van der Waals surface area contributed by atoms with Crippen LogP contribution in [0.3, 0.4) is 0 Å². The largest absolute Gasteiger partial charge is 0.493 e. The number of carbonyl (C=O) groups excluding carboxylic acids is 1. The summed E-state index contributed by atoms with van der Waals surface area (Å²) in [7, 11) is 0.558. The molecular formula is C23H26N2O6S. The summed E-state index contributed by atoms with van der Waals surface area (Å²) in [6, 6.07) is 10.1. The minimum atomic E-state index is -3.98. The summed E-state index contributed by atoms with van der Waals surface area (Å²) in [5.74, 6) is 0.789. The van der Waals surface area contributed by atoms with Crippen molar-refractivity contribution in [2.75, 3.05) is 39.3 Å². The fourth-order valence-electron chi connectivity index (χ4n) is 4.10. The molecule has 0 spiro atoms. The zero-order valence-corrected chi connectivity index (χ0v) is 19.1. The molecule has 0 bridgehead atoms. The van der Waals surface area contributed by atoms with Gasteiger partial charge in [-0.15, -0.1) is 0 Å². The summed E-state index contributed by atoms with van der Waals surface area (Å²) in [6.07, 6.45) is 4.17. The van der Waals surface area contributed by atoms with Gasteiger partial charge in [-0.3, -0.25) is 4.79 Å². The molecule has 1 fully saturated rings. The molecule has 0 aromatic heterocycles. The van der Waals surface area contributed by atoms with Crippen LogP contribution in [-0.4, -0.2) is 53.6 Å². The van der Waals surface area contributed by atoms with Gasteiger partial charge < -0.3 is 24.0 Å². The lowest BCUT2D eigenvalue weighted by Gasteiger charge is -2.32. The van der Waals surface area contributed by atoms with Gasteiger partial charge in [0.1, 0.15) is 0 Å². The minimum absolute atomic E-state index is 0.0802. The van der Waals surface area contributed by atoms with Crippen LogP contribution in [0.2, 0.25) is 0 Å². The van der Waals surface area contributed by atoms with E-state index in [4.69, 9.17) is 14.2 Å². The summed E-state index contributed by atoms with van der Waals surface area (Å²) in [5.41, 5.74) is 1.02. The Balaban J connectivity index is 1.90. The molecule has 1 amide bonds. The lowest BCUT2D eigenvalue weighted by Crippen LogP contribution is -2.39. The minimum Gasteiger partial charge on any atom is -0.493 e. The van der Waals surface area contributed by atoms with Crippen LogP contribution in [-0.2, 0) is 14.6 Å². The highest BCUT2D eigenvalue weighted by Crippen LogP contribution is 2.46. The molecule has 0 atom stereocenters. The van der Waals surface area contributed by atoms with Gasteiger partial charge in [-0.2, -0.15) is 0 Å². The standard InChI is InChI=1S/C23H26N2O6S/c1-29-18-13-16(14-19(30-2)22(18)31-3)25-15-21(23(26)24-11-7-4-8-12-24)32(27,28)20-10-6-5-9-17(20)25/h5-6,9-10,13-15H,4,7-8,11-12H2,1-3H3. The SMILES string of the molecule is COc1cc(N2C=C(C(=O)N3CCCCC3)S(=O)(=O)c3ccccc32)cc(OC)c1OC. The third-order valence-corrected chi connectivity index (χ3v) is 7.52. The van der Waals surface area contributed by atoms with Gasteiger partial charge in [0, 0.05) is 31.4 Å². The summed E-state index contributed by atoms with van der Waals surface area (Å²) in [4.78, 5) is 16.4. The molecule has 2 aromatic rings. The Kier molecular flexibility index (Phi) is 6.01. The molecule has 2 aliphatic rings. The van der Waals surface area contributed by atoms with E-state index >= 15 is 0 Å². The molecule has 32 heavy (non-hydrogen) atoms. The molecule has 9 heteroatoms. The molecule has 0 radical (unpaired) electrons. The van der Waals surface area contributed by atoms with Gasteiger partial charge in [0.05, 0.1) is 37.6 Å². The van der Waals surface area contributed by atoms with Crippen LogP contribution in [0.1, 0.15) is 19.3 Å². The number of ether oxygens (including phenoxy) is 3. The van der Waals surface area contributed by atoms with Crippen molar-refractivity contribution in [1.29, 1.82) is 0 Å². The number of benzene rings is 2. The van der Waals surface area contributed by atoms with Crippen molar-refractivity contribution in [3.8, 4) is 17.2 Å². The monoisotopic (exact) mass is 458 g/mol. The second kappa shape index (κ2) is 8.74.